The average Bonchev–Trinajstić information content (AvgIpc) is 2.84. The minimum Gasteiger partial charge on any atom is -0.396 e. The number of aromatic nitrogens is 2. The number of benzene rings is 2. The van der Waals surface area contributed by atoms with Gasteiger partial charge in [-0.15, -0.1) is 0 Å². The topological polar surface area (TPSA) is 43.8 Å². The SMILES string of the molecule is Nc1cn(-c2ccc(Cl)c(Cl)c2)nc1-c1cccc(Cl)c1. The van der Waals surface area contributed by atoms with Crippen LogP contribution in [-0.4, -0.2) is 9.78 Å². The van der Waals surface area contributed by atoms with E-state index in [0.29, 0.717) is 26.4 Å². The average molecular weight is 339 g/mol. The Hall–Kier alpha value is -1.68. The number of hydrogen-bond acceptors (Lipinski definition) is 2. The zero-order valence-electron chi connectivity index (χ0n) is 10.7. The maximum atomic E-state index is 6.04. The van der Waals surface area contributed by atoms with Crippen LogP contribution in [0.15, 0.2) is 48.7 Å². The number of nitrogen functional groups attached to an aromatic ring is 1. The lowest BCUT2D eigenvalue weighted by atomic mass is 10.1. The van der Waals surface area contributed by atoms with Gasteiger partial charge in [-0.25, -0.2) is 4.68 Å². The summed E-state index contributed by atoms with van der Waals surface area (Å²) in [5.41, 5.74) is 8.91. The van der Waals surface area contributed by atoms with Gasteiger partial charge in [0.1, 0.15) is 5.69 Å². The van der Waals surface area contributed by atoms with Crippen LogP contribution in [0.5, 0.6) is 0 Å². The minimum atomic E-state index is 0.465. The summed E-state index contributed by atoms with van der Waals surface area (Å²) in [6.07, 6.45) is 1.73. The maximum Gasteiger partial charge on any atom is 0.116 e. The van der Waals surface area contributed by atoms with Crippen molar-refractivity contribution in [3.8, 4) is 16.9 Å². The van der Waals surface area contributed by atoms with Crippen molar-refractivity contribution >= 4 is 40.5 Å². The molecule has 0 amide bonds. The number of nitrogens with two attached hydrogens (primary N) is 1. The summed E-state index contributed by atoms with van der Waals surface area (Å²) in [7, 11) is 0. The summed E-state index contributed by atoms with van der Waals surface area (Å²) in [4.78, 5) is 0. The second-order valence-electron chi connectivity index (χ2n) is 4.49. The van der Waals surface area contributed by atoms with Crippen molar-refractivity contribution in [1.29, 1.82) is 0 Å². The van der Waals surface area contributed by atoms with Crippen LogP contribution in [0.4, 0.5) is 5.69 Å². The Morgan fingerprint density at radius 2 is 1.76 bits per heavy atom. The summed E-state index contributed by atoms with van der Waals surface area (Å²) >= 11 is 17.9. The molecule has 0 aliphatic carbocycles. The highest BCUT2D eigenvalue weighted by atomic mass is 35.5. The molecule has 0 atom stereocenters. The lowest BCUT2D eigenvalue weighted by Crippen LogP contribution is -1.94. The van der Waals surface area contributed by atoms with Crippen molar-refractivity contribution in [3.63, 3.8) is 0 Å². The first-order chi connectivity index (χ1) is 10.0. The van der Waals surface area contributed by atoms with Crippen molar-refractivity contribution in [3.05, 3.63) is 63.7 Å². The van der Waals surface area contributed by atoms with Gasteiger partial charge in [-0.05, 0) is 30.3 Å². The molecule has 0 aliphatic rings. The quantitative estimate of drug-likeness (QED) is 0.708. The summed E-state index contributed by atoms with van der Waals surface area (Å²) in [5, 5.41) is 6.09. The molecule has 0 fully saturated rings. The first-order valence-corrected chi connectivity index (χ1v) is 7.24. The third-order valence-corrected chi connectivity index (χ3v) is 3.98. The molecule has 0 radical (unpaired) electrons. The molecule has 3 aromatic rings. The number of anilines is 1. The van der Waals surface area contributed by atoms with E-state index in [1.165, 1.54) is 0 Å². The molecule has 0 saturated carbocycles. The molecule has 2 aromatic carbocycles. The minimum absolute atomic E-state index is 0.465. The van der Waals surface area contributed by atoms with Crippen LogP contribution in [0.2, 0.25) is 15.1 Å². The lowest BCUT2D eigenvalue weighted by Gasteiger charge is -2.03. The fourth-order valence-electron chi connectivity index (χ4n) is 2.01. The standard InChI is InChI=1S/C15H10Cl3N3/c16-10-3-1-2-9(6-10)15-14(19)8-21(20-15)11-4-5-12(17)13(18)7-11/h1-8H,19H2. The van der Waals surface area contributed by atoms with E-state index in [1.807, 2.05) is 24.3 Å². The van der Waals surface area contributed by atoms with Crippen LogP contribution in [0.25, 0.3) is 16.9 Å². The van der Waals surface area contributed by atoms with Crippen LogP contribution >= 0.6 is 34.8 Å². The van der Waals surface area contributed by atoms with Crippen LogP contribution in [-0.2, 0) is 0 Å². The molecular formula is C15H10Cl3N3. The summed E-state index contributed by atoms with van der Waals surface area (Å²) in [5.74, 6) is 0. The summed E-state index contributed by atoms with van der Waals surface area (Å²) in [6, 6.07) is 12.7. The Kier molecular flexibility index (Phi) is 3.81. The molecule has 0 saturated heterocycles. The predicted octanol–water partition coefficient (Wildman–Crippen LogP) is 5.08. The second-order valence-corrected chi connectivity index (χ2v) is 5.74. The van der Waals surface area contributed by atoms with E-state index in [-0.39, 0.29) is 0 Å². The van der Waals surface area contributed by atoms with Gasteiger partial charge in [0.2, 0.25) is 0 Å². The third kappa shape index (κ3) is 2.86. The smallest absolute Gasteiger partial charge is 0.116 e. The van der Waals surface area contributed by atoms with Crippen molar-refractivity contribution in [1.82, 2.24) is 9.78 Å². The molecule has 3 rings (SSSR count). The highest BCUT2D eigenvalue weighted by Gasteiger charge is 2.11. The monoisotopic (exact) mass is 337 g/mol. The van der Waals surface area contributed by atoms with Crippen molar-refractivity contribution in [2.75, 3.05) is 5.73 Å². The number of rotatable bonds is 2. The highest BCUT2D eigenvalue weighted by Crippen LogP contribution is 2.29. The molecule has 1 aromatic heterocycles. The molecular weight excluding hydrogens is 329 g/mol. The predicted molar refractivity (Wildman–Crippen MR) is 88.4 cm³/mol. The number of nitrogens with zero attached hydrogens (tertiary/aromatic N) is 2. The number of halogens is 3. The van der Waals surface area contributed by atoms with E-state index in [4.69, 9.17) is 40.5 Å². The van der Waals surface area contributed by atoms with Crippen molar-refractivity contribution in [2.45, 2.75) is 0 Å². The molecule has 0 unspecified atom stereocenters. The van der Waals surface area contributed by atoms with Gasteiger partial charge < -0.3 is 5.73 Å². The Balaban J connectivity index is 2.07. The molecule has 1 heterocycles. The van der Waals surface area contributed by atoms with Gasteiger partial charge in [0.25, 0.3) is 0 Å². The van der Waals surface area contributed by atoms with Gasteiger partial charge in [-0.3, -0.25) is 0 Å². The number of hydrogen-bond donors (Lipinski definition) is 1. The van der Waals surface area contributed by atoms with Crippen molar-refractivity contribution in [2.24, 2.45) is 0 Å². The fraction of sp³-hybridized carbons (Fsp3) is 0. The second kappa shape index (κ2) is 5.60. The van der Waals surface area contributed by atoms with Gasteiger partial charge in [0.15, 0.2) is 0 Å². The normalized spacial score (nSPS) is 10.8. The maximum absolute atomic E-state index is 6.04. The van der Waals surface area contributed by atoms with E-state index in [1.54, 1.807) is 29.1 Å². The lowest BCUT2D eigenvalue weighted by molar-refractivity contribution is 0.884. The van der Waals surface area contributed by atoms with E-state index in [0.717, 1.165) is 11.3 Å². The van der Waals surface area contributed by atoms with Gasteiger partial charge >= 0.3 is 0 Å². The zero-order chi connectivity index (χ0) is 15.0. The molecule has 106 valence electrons. The van der Waals surface area contributed by atoms with E-state index in [2.05, 4.69) is 5.10 Å². The Morgan fingerprint density at radius 3 is 2.48 bits per heavy atom. The van der Waals surface area contributed by atoms with Gasteiger partial charge in [-0.1, -0.05) is 46.9 Å². The first kappa shape index (κ1) is 14.3. The molecule has 0 spiro atoms. The van der Waals surface area contributed by atoms with E-state index >= 15 is 0 Å². The van der Waals surface area contributed by atoms with Gasteiger partial charge in [0.05, 0.1) is 27.6 Å². The molecule has 6 heteroatoms. The van der Waals surface area contributed by atoms with Gasteiger partial charge in [0, 0.05) is 10.6 Å². The summed E-state index contributed by atoms with van der Waals surface area (Å²) < 4.78 is 1.66. The fourth-order valence-corrected chi connectivity index (χ4v) is 2.49. The van der Waals surface area contributed by atoms with Crippen LogP contribution in [0.3, 0.4) is 0 Å². The largest absolute Gasteiger partial charge is 0.396 e. The highest BCUT2D eigenvalue weighted by molar-refractivity contribution is 6.42. The Morgan fingerprint density at radius 1 is 0.952 bits per heavy atom. The van der Waals surface area contributed by atoms with E-state index in [9.17, 15) is 0 Å². The van der Waals surface area contributed by atoms with Crippen molar-refractivity contribution < 1.29 is 0 Å². The Bertz CT molecular complexity index is 812. The van der Waals surface area contributed by atoms with Crippen LogP contribution in [0, 0.1) is 0 Å². The molecule has 0 aliphatic heterocycles. The third-order valence-electron chi connectivity index (χ3n) is 3.01. The van der Waals surface area contributed by atoms with Crippen LogP contribution in [0.1, 0.15) is 0 Å². The molecule has 0 bridgehead atoms. The molecule has 2 N–H and O–H groups in total. The molecule has 21 heavy (non-hydrogen) atoms. The first-order valence-electron chi connectivity index (χ1n) is 6.11. The van der Waals surface area contributed by atoms with Gasteiger partial charge in [-0.2, -0.15) is 5.10 Å². The van der Waals surface area contributed by atoms with Crippen LogP contribution < -0.4 is 5.73 Å². The summed E-state index contributed by atoms with van der Waals surface area (Å²) in [6.45, 7) is 0. The van der Waals surface area contributed by atoms with E-state index < -0.39 is 0 Å². The molecule has 3 nitrogen and oxygen atoms in total. The zero-order valence-corrected chi connectivity index (χ0v) is 13.0. The Labute approximate surface area is 136 Å².